The molecule has 0 radical (unpaired) electrons. The largest absolute Gasteiger partial charge is 0.394 e. The predicted molar refractivity (Wildman–Crippen MR) is 67.3 cm³/mol. The van der Waals surface area contributed by atoms with Crippen molar-refractivity contribution < 1.29 is 5.11 Å². The van der Waals surface area contributed by atoms with Gasteiger partial charge in [0.2, 0.25) is 5.95 Å². The number of aromatic nitrogens is 3. The van der Waals surface area contributed by atoms with Crippen LogP contribution >= 0.6 is 11.6 Å². The minimum absolute atomic E-state index is 0.0496. The maximum atomic E-state index is 9.23. The molecule has 0 aromatic carbocycles. The minimum Gasteiger partial charge on any atom is -0.394 e. The molecule has 2 aromatic rings. The lowest BCUT2D eigenvalue weighted by atomic mass is 10.1. The van der Waals surface area contributed by atoms with Crippen LogP contribution in [0.3, 0.4) is 0 Å². The first-order valence-corrected chi connectivity index (χ1v) is 5.87. The van der Waals surface area contributed by atoms with E-state index in [2.05, 4.69) is 15.4 Å². The molecule has 0 spiro atoms. The third kappa shape index (κ3) is 2.68. The summed E-state index contributed by atoms with van der Waals surface area (Å²) in [6.07, 6.45) is 1.69. The molecule has 0 bridgehead atoms. The third-order valence-corrected chi connectivity index (χ3v) is 2.83. The lowest BCUT2D eigenvalue weighted by Crippen LogP contribution is -2.29. The molecule has 1 atom stereocenters. The van der Waals surface area contributed by atoms with Gasteiger partial charge in [-0.3, -0.25) is 0 Å². The Morgan fingerprint density at radius 1 is 1.47 bits per heavy atom. The molecule has 0 saturated heterocycles. The van der Waals surface area contributed by atoms with Crippen molar-refractivity contribution in [2.75, 3.05) is 11.9 Å². The Bertz CT molecular complexity index is 511. The second-order valence-electron chi connectivity index (χ2n) is 4.26. The molecule has 0 saturated carbocycles. The molecule has 17 heavy (non-hydrogen) atoms. The number of rotatable bonds is 4. The number of hydrogen-bond donors (Lipinski definition) is 2. The molecule has 0 fully saturated rings. The molecular formula is C11H15ClN4O. The zero-order valence-corrected chi connectivity index (χ0v) is 10.5. The monoisotopic (exact) mass is 254 g/mol. The molecular weight excluding hydrogens is 240 g/mol. The summed E-state index contributed by atoms with van der Waals surface area (Å²) in [5, 5.41) is 17.2. The number of nitrogens with zero attached hydrogens (tertiary/aromatic N) is 3. The third-order valence-electron chi connectivity index (χ3n) is 2.61. The van der Waals surface area contributed by atoms with Gasteiger partial charge in [0.15, 0.2) is 5.65 Å². The van der Waals surface area contributed by atoms with E-state index in [1.165, 1.54) is 0 Å². The van der Waals surface area contributed by atoms with Gasteiger partial charge >= 0.3 is 0 Å². The van der Waals surface area contributed by atoms with Crippen molar-refractivity contribution in [3.63, 3.8) is 0 Å². The summed E-state index contributed by atoms with van der Waals surface area (Å²) in [5.41, 5.74) is 0.720. The number of halogens is 1. The molecule has 2 N–H and O–H groups in total. The zero-order valence-electron chi connectivity index (χ0n) is 9.76. The Hall–Kier alpha value is -1.33. The molecule has 0 amide bonds. The smallest absolute Gasteiger partial charge is 0.243 e. The maximum absolute atomic E-state index is 9.23. The molecule has 2 rings (SSSR count). The van der Waals surface area contributed by atoms with Gasteiger partial charge in [0.05, 0.1) is 17.7 Å². The van der Waals surface area contributed by atoms with E-state index < -0.39 is 0 Å². The number of aliphatic hydroxyl groups excluding tert-OH is 1. The van der Waals surface area contributed by atoms with Crippen molar-refractivity contribution in [2.45, 2.75) is 19.9 Å². The van der Waals surface area contributed by atoms with Crippen molar-refractivity contribution in [2.24, 2.45) is 5.92 Å². The first-order valence-electron chi connectivity index (χ1n) is 5.49. The van der Waals surface area contributed by atoms with Gasteiger partial charge in [-0.05, 0) is 18.1 Å². The molecule has 2 heterocycles. The molecule has 0 aliphatic carbocycles. The highest BCUT2D eigenvalue weighted by atomic mass is 35.5. The van der Waals surface area contributed by atoms with Gasteiger partial charge in [0.1, 0.15) is 0 Å². The average molecular weight is 255 g/mol. The lowest BCUT2D eigenvalue weighted by molar-refractivity contribution is 0.248. The number of anilines is 1. The Labute approximate surface area is 104 Å². The molecule has 1 unspecified atom stereocenters. The van der Waals surface area contributed by atoms with Crippen LogP contribution in [0.15, 0.2) is 18.3 Å². The van der Waals surface area contributed by atoms with Crippen LogP contribution in [0.5, 0.6) is 0 Å². The first kappa shape index (κ1) is 12.1. The topological polar surface area (TPSA) is 62.5 Å². The SMILES string of the molecule is CC(C)C(CO)Nc1nc2ccc(Cl)cn2n1. The van der Waals surface area contributed by atoms with Gasteiger partial charge in [0, 0.05) is 6.20 Å². The molecule has 2 aromatic heterocycles. The number of nitrogens with one attached hydrogen (secondary N) is 1. The molecule has 6 heteroatoms. The summed E-state index contributed by atoms with van der Waals surface area (Å²) in [4.78, 5) is 4.29. The predicted octanol–water partition coefficient (Wildman–Crippen LogP) is 1.81. The van der Waals surface area contributed by atoms with E-state index in [9.17, 15) is 5.11 Å². The van der Waals surface area contributed by atoms with E-state index in [1.54, 1.807) is 22.8 Å². The van der Waals surface area contributed by atoms with Crippen molar-refractivity contribution in [3.8, 4) is 0 Å². The first-order chi connectivity index (χ1) is 8.10. The van der Waals surface area contributed by atoms with Gasteiger partial charge in [-0.2, -0.15) is 4.98 Å². The fourth-order valence-electron chi connectivity index (χ4n) is 1.51. The summed E-state index contributed by atoms with van der Waals surface area (Å²) >= 11 is 5.86. The second kappa shape index (κ2) is 4.89. The van der Waals surface area contributed by atoms with Gasteiger partial charge in [0.25, 0.3) is 0 Å². The van der Waals surface area contributed by atoms with Gasteiger partial charge in [-0.15, -0.1) is 5.10 Å². The fourth-order valence-corrected chi connectivity index (χ4v) is 1.66. The molecule has 92 valence electrons. The van der Waals surface area contributed by atoms with Crippen LogP contribution in [0.25, 0.3) is 5.65 Å². The van der Waals surface area contributed by atoms with Crippen LogP contribution in [0.2, 0.25) is 5.02 Å². The average Bonchev–Trinajstić information content (AvgIpc) is 2.66. The van der Waals surface area contributed by atoms with Gasteiger partial charge in [-0.25, -0.2) is 4.52 Å². The summed E-state index contributed by atoms with van der Waals surface area (Å²) in [6.45, 7) is 4.11. The Kier molecular flexibility index (Phi) is 3.49. The van der Waals surface area contributed by atoms with Crippen LogP contribution in [-0.2, 0) is 0 Å². The standard InChI is InChI=1S/C11H15ClN4O/c1-7(2)9(6-17)13-11-14-10-4-3-8(12)5-16(10)15-11/h3-5,7,9,17H,6H2,1-2H3,(H,13,15). The summed E-state index contributed by atoms with van der Waals surface area (Å²) in [6, 6.07) is 3.51. The van der Waals surface area contributed by atoms with Crippen molar-refractivity contribution in [1.29, 1.82) is 0 Å². The van der Waals surface area contributed by atoms with E-state index in [0.29, 0.717) is 16.9 Å². The fraction of sp³-hybridized carbons (Fsp3) is 0.455. The lowest BCUT2D eigenvalue weighted by Gasteiger charge is -2.18. The highest BCUT2D eigenvalue weighted by Gasteiger charge is 2.14. The normalized spacial score (nSPS) is 13.2. The van der Waals surface area contributed by atoms with Gasteiger partial charge < -0.3 is 10.4 Å². The number of hydrogen-bond acceptors (Lipinski definition) is 4. The van der Waals surface area contributed by atoms with Crippen LogP contribution in [0.4, 0.5) is 5.95 Å². The summed E-state index contributed by atoms with van der Waals surface area (Å²) in [5.74, 6) is 0.801. The number of aliphatic hydroxyl groups is 1. The van der Waals surface area contributed by atoms with E-state index in [4.69, 9.17) is 11.6 Å². The van der Waals surface area contributed by atoms with Crippen LogP contribution in [0.1, 0.15) is 13.8 Å². The van der Waals surface area contributed by atoms with Crippen molar-refractivity contribution in [3.05, 3.63) is 23.4 Å². The quantitative estimate of drug-likeness (QED) is 0.874. The van der Waals surface area contributed by atoms with Crippen molar-refractivity contribution >= 4 is 23.2 Å². The van der Waals surface area contributed by atoms with E-state index in [-0.39, 0.29) is 12.6 Å². The molecule has 0 aliphatic rings. The Morgan fingerprint density at radius 3 is 2.88 bits per heavy atom. The minimum atomic E-state index is -0.0529. The van der Waals surface area contributed by atoms with E-state index in [1.807, 2.05) is 13.8 Å². The Morgan fingerprint density at radius 2 is 2.24 bits per heavy atom. The zero-order chi connectivity index (χ0) is 12.4. The highest BCUT2D eigenvalue weighted by molar-refractivity contribution is 6.30. The van der Waals surface area contributed by atoms with E-state index >= 15 is 0 Å². The van der Waals surface area contributed by atoms with E-state index in [0.717, 1.165) is 5.65 Å². The number of pyridine rings is 1. The molecule has 5 nitrogen and oxygen atoms in total. The van der Waals surface area contributed by atoms with Gasteiger partial charge in [-0.1, -0.05) is 25.4 Å². The van der Waals surface area contributed by atoms with Crippen LogP contribution < -0.4 is 5.32 Å². The second-order valence-corrected chi connectivity index (χ2v) is 4.70. The number of fused-ring (bicyclic) bond motifs is 1. The molecule has 0 aliphatic heterocycles. The summed E-state index contributed by atoms with van der Waals surface area (Å²) in [7, 11) is 0. The van der Waals surface area contributed by atoms with Crippen LogP contribution in [-0.4, -0.2) is 32.4 Å². The maximum Gasteiger partial charge on any atom is 0.243 e. The van der Waals surface area contributed by atoms with Crippen molar-refractivity contribution in [1.82, 2.24) is 14.6 Å². The summed E-state index contributed by atoms with van der Waals surface area (Å²) < 4.78 is 1.61. The van der Waals surface area contributed by atoms with Crippen LogP contribution in [0, 0.1) is 5.92 Å². The highest BCUT2D eigenvalue weighted by Crippen LogP contribution is 2.13. The Balaban J connectivity index is 2.24.